The third-order valence-corrected chi connectivity index (χ3v) is 3.48. The molecule has 2 saturated heterocycles. The second-order valence-electron chi connectivity index (χ2n) is 4.17. The summed E-state index contributed by atoms with van der Waals surface area (Å²) in [4.78, 5) is 2.06. The Morgan fingerprint density at radius 1 is 1.23 bits per heavy atom. The summed E-state index contributed by atoms with van der Waals surface area (Å²) in [6.07, 6.45) is 0.515. The summed E-state index contributed by atoms with van der Waals surface area (Å²) in [5.41, 5.74) is 0. The van der Waals surface area contributed by atoms with Gasteiger partial charge in [-0.15, -0.1) is 0 Å². The van der Waals surface area contributed by atoms with Gasteiger partial charge in [-0.05, 0) is 19.8 Å². The van der Waals surface area contributed by atoms with Crippen LogP contribution in [0.1, 0.15) is 19.8 Å². The molecule has 4 heteroatoms. The zero-order chi connectivity index (χ0) is 9.59. The van der Waals surface area contributed by atoms with Crippen LogP contribution >= 0.6 is 0 Å². The third-order valence-electron chi connectivity index (χ3n) is 3.48. The van der Waals surface area contributed by atoms with Crippen molar-refractivity contribution in [2.24, 2.45) is 0 Å². The molecule has 2 heterocycles. The van der Waals surface area contributed by atoms with Gasteiger partial charge in [0.2, 0.25) is 0 Å². The van der Waals surface area contributed by atoms with Crippen LogP contribution in [-0.4, -0.2) is 57.2 Å². The van der Waals surface area contributed by atoms with E-state index in [1.807, 2.05) is 0 Å². The SMILES string of the molecule is C[C@H]1CC[C@@H]2[C@@H](O)[C@H](O)[C@@H](CO)N21. The van der Waals surface area contributed by atoms with Crippen molar-refractivity contribution >= 4 is 0 Å². The molecule has 0 bridgehead atoms. The number of aliphatic hydroxyl groups is 3. The Morgan fingerprint density at radius 3 is 2.54 bits per heavy atom. The minimum Gasteiger partial charge on any atom is -0.395 e. The lowest BCUT2D eigenvalue weighted by molar-refractivity contribution is 0.0132. The first-order valence-corrected chi connectivity index (χ1v) is 4.91. The molecule has 13 heavy (non-hydrogen) atoms. The predicted molar refractivity (Wildman–Crippen MR) is 47.2 cm³/mol. The summed E-state index contributed by atoms with van der Waals surface area (Å²) in [5.74, 6) is 0. The van der Waals surface area contributed by atoms with Crippen molar-refractivity contribution in [2.45, 2.75) is 50.1 Å². The van der Waals surface area contributed by atoms with Crippen LogP contribution in [0.25, 0.3) is 0 Å². The van der Waals surface area contributed by atoms with Crippen LogP contribution in [0.3, 0.4) is 0 Å². The van der Waals surface area contributed by atoms with Gasteiger partial charge < -0.3 is 15.3 Å². The van der Waals surface area contributed by atoms with Gasteiger partial charge in [-0.3, -0.25) is 4.90 Å². The Labute approximate surface area is 77.8 Å². The van der Waals surface area contributed by atoms with Crippen molar-refractivity contribution in [2.75, 3.05) is 6.61 Å². The van der Waals surface area contributed by atoms with Crippen molar-refractivity contribution in [3.8, 4) is 0 Å². The van der Waals surface area contributed by atoms with Crippen molar-refractivity contribution in [1.82, 2.24) is 4.90 Å². The zero-order valence-electron chi connectivity index (χ0n) is 7.80. The molecule has 0 aromatic heterocycles. The second-order valence-corrected chi connectivity index (χ2v) is 4.17. The van der Waals surface area contributed by atoms with Crippen LogP contribution in [0, 0.1) is 0 Å². The number of hydrogen-bond acceptors (Lipinski definition) is 4. The quantitative estimate of drug-likeness (QED) is 0.489. The van der Waals surface area contributed by atoms with E-state index in [-0.39, 0.29) is 18.7 Å². The molecule has 0 aromatic rings. The third kappa shape index (κ3) is 1.21. The molecular weight excluding hydrogens is 170 g/mol. The average Bonchev–Trinajstić information content (AvgIpc) is 2.58. The standard InChI is InChI=1S/C9H17NO3/c1-5-2-3-6-8(12)9(13)7(4-11)10(5)6/h5-9,11-13H,2-4H2,1H3/t5-,6+,7+,8+,9+/m0/s1. The molecule has 2 rings (SSSR count). The van der Waals surface area contributed by atoms with Crippen molar-refractivity contribution in [3.05, 3.63) is 0 Å². The van der Waals surface area contributed by atoms with E-state index in [4.69, 9.17) is 5.11 Å². The largest absolute Gasteiger partial charge is 0.395 e. The van der Waals surface area contributed by atoms with Crippen LogP contribution in [0.2, 0.25) is 0 Å². The van der Waals surface area contributed by atoms with E-state index < -0.39 is 12.2 Å². The summed E-state index contributed by atoms with van der Waals surface area (Å²) < 4.78 is 0. The molecule has 0 radical (unpaired) electrons. The van der Waals surface area contributed by atoms with Crippen LogP contribution < -0.4 is 0 Å². The van der Waals surface area contributed by atoms with Crippen LogP contribution in [0.5, 0.6) is 0 Å². The average molecular weight is 187 g/mol. The molecule has 76 valence electrons. The first-order chi connectivity index (χ1) is 6.16. The lowest BCUT2D eigenvalue weighted by atomic mass is 10.0. The van der Waals surface area contributed by atoms with Gasteiger partial charge in [-0.2, -0.15) is 0 Å². The molecule has 2 aliphatic rings. The Hall–Kier alpha value is -0.160. The number of fused-ring (bicyclic) bond motifs is 1. The first-order valence-electron chi connectivity index (χ1n) is 4.91. The smallest absolute Gasteiger partial charge is 0.0991 e. The van der Waals surface area contributed by atoms with Gasteiger partial charge in [0.15, 0.2) is 0 Å². The van der Waals surface area contributed by atoms with E-state index in [2.05, 4.69) is 11.8 Å². The van der Waals surface area contributed by atoms with Gasteiger partial charge in [-0.1, -0.05) is 0 Å². The molecule has 0 spiro atoms. The lowest BCUT2D eigenvalue weighted by Gasteiger charge is -2.27. The summed E-state index contributed by atoms with van der Waals surface area (Å²) in [6, 6.07) is 0.161. The van der Waals surface area contributed by atoms with Crippen LogP contribution in [-0.2, 0) is 0 Å². The van der Waals surface area contributed by atoms with Crippen LogP contribution in [0.4, 0.5) is 0 Å². The summed E-state index contributed by atoms with van der Waals surface area (Å²) in [7, 11) is 0. The Morgan fingerprint density at radius 2 is 1.92 bits per heavy atom. The fraction of sp³-hybridized carbons (Fsp3) is 1.00. The van der Waals surface area contributed by atoms with Crippen molar-refractivity contribution < 1.29 is 15.3 Å². The number of hydrogen-bond donors (Lipinski definition) is 3. The lowest BCUT2D eigenvalue weighted by Crippen LogP contribution is -2.42. The molecular formula is C9H17NO3. The molecule has 0 aliphatic carbocycles. The Kier molecular flexibility index (Phi) is 2.32. The minimum absolute atomic E-state index is 0.0575. The van der Waals surface area contributed by atoms with Gasteiger partial charge in [0.05, 0.1) is 24.9 Å². The maximum Gasteiger partial charge on any atom is 0.0991 e. The molecule has 3 N–H and O–H groups in total. The first kappa shape index (κ1) is 9.40. The molecule has 2 fully saturated rings. The van der Waals surface area contributed by atoms with Crippen LogP contribution in [0.15, 0.2) is 0 Å². The van der Waals surface area contributed by atoms with E-state index in [0.717, 1.165) is 12.8 Å². The van der Waals surface area contributed by atoms with E-state index >= 15 is 0 Å². The zero-order valence-corrected chi connectivity index (χ0v) is 7.80. The highest BCUT2D eigenvalue weighted by atomic mass is 16.3. The number of nitrogens with zero attached hydrogens (tertiary/aromatic N) is 1. The van der Waals surface area contributed by atoms with Crippen molar-refractivity contribution in [1.29, 1.82) is 0 Å². The summed E-state index contributed by atoms with van der Waals surface area (Å²) in [5, 5.41) is 28.4. The topological polar surface area (TPSA) is 63.9 Å². The fourth-order valence-corrected chi connectivity index (χ4v) is 2.79. The van der Waals surface area contributed by atoms with Gasteiger partial charge in [0, 0.05) is 12.1 Å². The summed E-state index contributed by atoms with van der Waals surface area (Å²) in [6.45, 7) is 2.01. The maximum absolute atomic E-state index is 9.68. The Balaban J connectivity index is 2.20. The monoisotopic (exact) mass is 187 g/mol. The number of aliphatic hydroxyl groups excluding tert-OH is 3. The normalized spacial score (nSPS) is 51.2. The van der Waals surface area contributed by atoms with Gasteiger partial charge in [-0.25, -0.2) is 0 Å². The molecule has 0 unspecified atom stereocenters. The molecule has 0 amide bonds. The van der Waals surface area contributed by atoms with Gasteiger partial charge >= 0.3 is 0 Å². The molecule has 0 aromatic carbocycles. The van der Waals surface area contributed by atoms with Gasteiger partial charge in [0.1, 0.15) is 0 Å². The highest BCUT2D eigenvalue weighted by Gasteiger charge is 2.51. The maximum atomic E-state index is 9.68. The molecule has 2 aliphatic heterocycles. The van der Waals surface area contributed by atoms with Crippen molar-refractivity contribution in [3.63, 3.8) is 0 Å². The highest BCUT2D eigenvalue weighted by Crippen LogP contribution is 2.36. The highest BCUT2D eigenvalue weighted by molar-refractivity contribution is 5.05. The predicted octanol–water partition coefficient (Wildman–Crippen LogP) is -1.06. The number of rotatable bonds is 1. The minimum atomic E-state index is -0.780. The van der Waals surface area contributed by atoms with E-state index in [1.54, 1.807) is 0 Å². The summed E-state index contributed by atoms with van der Waals surface area (Å²) >= 11 is 0. The van der Waals surface area contributed by atoms with E-state index in [0.29, 0.717) is 6.04 Å². The Bertz CT molecular complexity index is 197. The van der Waals surface area contributed by atoms with E-state index in [1.165, 1.54) is 0 Å². The second kappa shape index (κ2) is 3.20. The molecule has 4 nitrogen and oxygen atoms in total. The van der Waals surface area contributed by atoms with Gasteiger partial charge in [0.25, 0.3) is 0 Å². The fourth-order valence-electron chi connectivity index (χ4n) is 2.79. The van der Waals surface area contributed by atoms with E-state index in [9.17, 15) is 10.2 Å². The molecule has 0 saturated carbocycles. The molecule has 5 atom stereocenters.